The minimum Gasteiger partial charge on any atom is -0.316 e. The van der Waals surface area contributed by atoms with Crippen LogP contribution in [0.15, 0.2) is 24.3 Å². The fourth-order valence-corrected chi connectivity index (χ4v) is 2.51. The Balaban J connectivity index is 1.99. The first kappa shape index (κ1) is 14.9. The third kappa shape index (κ3) is 7.69. The van der Waals surface area contributed by atoms with Crippen molar-refractivity contribution in [1.29, 1.82) is 0 Å². The Morgan fingerprint density at radius 3 is 2.59 bits per heavy atom. The molecule has 0 bridgehead atoms. The van der Waals surface area contributed by atoms with Gasteiger partial charge in [-0.15, -0.1) is 0 Å². The maximum atomic E-state index is 5.84. The molecule has 0 saturated carbocycles. The van der Waals surface area contributed by atoms with E-state index in [0.717, 1.165) is 29.8 Å². The molecule has 0 fully saturated rings. The minimum atomic E-state index is 0.747. The molecule has 0 aliphatic carbocycles. The molecule has 17 heavy (non-hydrogen) atoms. The summed E-state index contributed by atoms with van der Waals surface area (Å²) in [6.07, 6.45) is 1.24. The molecule has 0 heterocycles. The molecule has 1 N–H and O–H groups in total. The molecule has 0 amide bonds. The van der Waals surface area contributed by atoms with Gasteiger partial charge in [0.2, 0.25) is 0 Å². The molecule has 0 saturated heterocycles. The standard InChI is InChI=1S/C14H22ClNS/c1-12(2)10-16-8-3-9-17-11-13-4-6-14(15)7-5-13/h4-7,12,16H,3,8-11H2,1-2H3. The lowest BCUT2D eigenvalue weighted by atomic mass is 10.2. The molecule has 1 nitrogen and oxygen atoms in total. The first-order valence-corrected chi connectivity index (χ1v) is 7.74. The topological polar surface area (TPSA) is 12.0 Å². The SMILES string of the molecule is CC(C)CNCCCSCc1ccc(Cl)cc1. The smallest absolute Gasteiger partial charge is 0.0406 e. The van der Waals surface area contributed by atoms with Crippen LogP contribution in [0.5, 0.6) is 0 Å². The van der Waals surface area contributed by atoms with Gasteiger partial charge in [0.25, 0.3) is 0 Å². The van der Waals surface area contributed by atoms with Gasteiger partial charge in [-0.2, -0.15) is 11.8 Å². The molecule has 96 valence electrons. The Bertz CT molecular complexity index is 298. The normalized spacial score (nSPS) is 11.1. The summed E-state index contributed by atoms with van der Waals surface area (Å²) in [4.78, 5) is 0. The van der Waals surface area contributed by atoms with Crippen LogP contribution in [0.1, 0.15) is 25.8 Å². The van der Waals surface area contributed by atoms with Crippen LogP contribution in [-0.2, 0) is 5.75 Å². The zero-order valence-electron chi connectivity index (χ0n) is 10.7. The van der Waals surface area contributed by atoms with Crippen LogP contribution in [-0.4, -0.2) is 18.8 Å². The molecule has 1 aromatic rings. The molecule has 1 aromatic carbocycles. The molecule has 0 aliphatic rings. The van der Waals surface area contributed by atoms with Crippen LogP contribution >= 0.6 is 23.4 Å². The van der Waals surface area contributed by atoms with Gasteiger partial charge >= 0.3 is 0 Å². The molecule has 3 heteroatoms. The number of hydrogen-bond donors (Lipinski definition) is 1. The monoisotopic (exact) mass is 271 g/mol. The van der Waals surface area contributed by atoms with Crippen LogP contribution in [0.4, 0.5) is 0 Å². The van der Waals surface area contributed by atoms with Crippen molar-refractivity contribution >= 4 is 23.4 Å². The second-order valence-corrected chi connectivity index (χ2v) is 6.17. The first-order chi connectivity index (χ1) is 8.18. The highest BCUT2D eigenvalue weighted by atomic mass is 35.5. The number of benzene rings is 1. The van der Waals surface area contributed by atoms with Crippen molar-refractivity contribution in [2.75, 3.05) is 18.8 Å². The van der Waals surface area contributed by atoms with Gasteiger partial charge in [-0.05, 0) is 48.9 Å². The van der Waals surface area contributed by atoms with E-state index in [9.17, 15) is 0 Å². The zero-order valence-corrected chi connectivity index (χ0v) is 12.3. The molecule has 0 aliphatic heterocycles. The Morgan fingerprint density at radius 2 is 1.94 bits per heavy atom. The van der Waals surface area contributed by atoms with Gasteiger partial charge in [0.05, 0.1) is 0 Å². The fraction of sp³-hybridized carbons (Fsp3) is 0.571. The molecule has 0 atom stereocenters. The zero-order chi connectivity index (χ0) is 12.5. The first-order valence-electron chi connectivity index (χ1n) is 6.21. The molecule has 0 radical (unpaired) electrons. The predicted octanol–water partition coefficient (Wildman–Crippen LogP) is 4.21. The third-order valence-electron chi connectivity index (χ3n) is 2.38. The van der Waals surface area contributed by atoms with Crippen LogP contribution < -0.4 is 5.32 Å². The fourth-order valence-electron chi connectivity index (χ4n) is 1.46. The second kappa shape index (κ2) is 8.84. The number of nitrogens with one attached hydrogen (secondary N) is 1. The van der Waals surface area contributed by atoms with E-state index < -0.39 is 0 Å². The van der Waals surface area contributed by atoms with E-state index in [2.05, 4.69) is 31.3 Å². The summed E-state index contributed by atoms with van der Waals surface area (Å²) in [6, 6.07) is 8.13. The summed E-state index contributed by atoms with van der Waals surface area (Å²) in [5, 5.41) is 4.28. The van der Waals surface area contributed by atoms with E-state index in [1.807, 2.05) is 23.9 Å². The lowest BCUT2D eigenvalue weighted by Gasteiger charge is -2.07. The molecular formula is C14H22ClNS. The van der Waals surface area contributed by atoms with E-state index in [4.69, 9.17) is 11.6 Å². The van der Waals surface area contributed by atoms with Gasteiger partial charge in [-0.25, -0.2) is 0 Å². The molecule has 0 aromatic heterocycles. The van der Waals surface area contributed by atoms with E-state index in [1.165, 1.54) is 17.7 Å². The maximum Gasteiger partial charge on any atom is 0.0406 e. The van der Waals surface area contributed by atoms with Crippen molar-refractivity contribution in [3.63, 3.8) is 0 Å². The average molecular weight is 272 g/mol. The highest BCUT2D eigenvalue weighted by molar-refractivity contribution is 7.98. The number of thioether (sulfide) groups is 1. The maximum absolute atomic E-state index is 5.84. The van der Waals surface area contributed by atoms with Crippen molar-refractivity contribution in [2.24, 2.45) is 5.92 Å². The molecule has 0 unspecified atom stereocenters. The molecule has 1 rings (SSSR count). The van der Waals surface area contributed by atoms with E-state index in [0.29, 0.717) is 0 Å². The van der Waals surface area contributed by atoms with Gasteiger partial charge in [0.1, 0.15) is 0 Å². The Hall–Kier alpha value is -0.180. The van der Waals surface area contributed by atoms with Crippen molar-refractivity contribution in [3.8, 4) is 0 Å². The van der Waals surface area contributed by atoms with Gasteiger partial charge in [-0.3, -0.25) is 0 Å². The van der Waals surface area contributed by atoms with Crippen LogP contribution in [0, 0.1) is 5.92 Å². The summed E-state index contributed by atoms with van der Waals surface area (Å²) >= 11 is 7.83. The van der Waals surface area contributed by atoms with Gasteiger partial charge < -0.3 is 5.32 Å². The summed E-state index contributed by atoms with van der Waals surface area (Å²) in [7, 11) is 0. The van der Waals surface area contributed by atoms with Gasteiger partial charge in [0.15, 0.2) is 0 Å². The van der Waals surface area contributed by atoms with E-state index >= 15 is 0 Å². The van der Waals surface area contributed by atoms with Crippen LogP contribution in [0.3, 0.4) is 0 Å². The van der Waals surface area contributed by atoms with Crippen molar-refractivity contribution in [2.45, 2.75) is 26.0 Å². The Morgan fingerprint density at radius 1 is 1.24 bits per heavy atom. The molecule has 0 spiro atoms. The summed E-state index contributed by atoms with van der Waals surface area (Å²) < 4.78 is 0. The number of halogens is 1. The summed E-state index contributed by atoms with van der Waals surface area (Å²) in [6.45, 7) is 6.73. The Kier molecular flexibility index (Phi) is 7.74. The highest BCUT2D eigenvalue weighted by Gasteiger charge is 1.95. The van der Waals surface area contributed by atoms with E-state index in [-0.39, 0.29) is 0 Å². The van der Waals surface area contributed by atoms with Crippen LogP contribution in [0.2, 0.25) is 5.02 Å². The predicted molar refractivity (Wildman–Crippen MR) is 79.9 cm³/mol. The van der Waals surface area contributed by atoms with Crippen LogP contribution in [0.25, 0.3) is 0 Å². The lowest BCUT2D eigenvalue weighted by molar-refractivity contribution is 0.552. The third-order valence-corrected chi connectivity index (χ3v) is 3.74. The quantitative estimate of drug-likeness (QED) is 0.711. The lowest BCUT2D eigenvalue weighted by Crippen LogP contribution is -2.21. The largest absolute Gasteiger partial charge is 0.316 e. The van der Waals surface area contributed by atoms with Gasteiger partial charge in [-0.1, -0.05) is 37.6 Å². The van der Waals surface area contributed by atoms with Crippen molar-refractivity contribution < 1.29 is 0 Å². The number of rotatable bonds is 8. The van der Waals surface area contributed by atoms with E-state index in [1.54, 1.807) is 0 Å². The van der Waals surface area contributed by atoms with Crippen molar-refractivity contribution in [3.05, 3.63) is 34.9 Å². The van der Waals surface area contributed by atoms with Gasteiger partial charge in [0, 0.05) is 10.8 Å². The second-order valence-electron chi connectivity index (χ2n) is 4.63. The number of hydrogen-bond acceptors (Lipinski definition) is 2. The summed E-state index contributed by atoms with van der Waals surface area (Å²) in [5.74, 6) is 3.05. The Labute approximate surface area is 114 Å². The summed E-state index contributed by atoms with van der Waals surface area (Å²) in [5.41, 5.74) is 1.36. The minimum absolute atomic E-state index is 0.747. The van der Waals surface area contributed by atoms with Crippen molar-refractivity contribution in [1.82, 2.24) is 5.32 Å². The highest BCUT2D eigenvalue weighted by Crippen LogP contribution is 2.15. The molecular weight excluding hydrogens is 250 g/mol. The average Bonchev–Trinajstić information content (AvgIpc) is 2.30.